The normalized spacial score (nSPS) is 11.9. The molecule has 0 aliphatic carbocycles. The van der Waals surface area contributed by atoms with Gasteiger partial charge < -0.3 is 4.65 Å². The summed E-state index contributed by atoms with van der Waals surface area (Å²) in [5, 5.41) is 0. The van der Waals surface area contributed by atoms with Crippen molar-refractivity contribution in [3.63, 3.8) is 0 Å². The van der Waals surface area contributed by atoms with Gasteiger partial charge in [-0.3, -0.25) is 0 Å². The summed E-state index contributed by atoms with van der Waals surface area (Å²) < 4.78 is 6.97. The molecule has 0 saturated heterocycles. The first-order valence-electron chi connectivity index (χ1n) is 14.3. The Balaban J connectivity index is 1.73. The number of hydrogen-bond donors (Lipinski definition) is 0. The lowest BCUT2D eigenvalue weighted by Crippen LogP contribution is -2.39. The fourth-order valence-corrected chi connectivity index (χ4v) is 5.30. The smallest absolute Gasteiger partial charge is 0.427 e. The Bertz CT molecular complexity index is 1750. The van der Waals surface area contributed by atoms with Gasteiger partial charge in [-0.05, 0) is 62.5 Å². The molecule has 6 rings (SSSR count). The van der Waals surface area contributed by atoms with E-state index in [9.17, 15) is 0 Å². The average Bonchev–Trinajstić information content (AvgIpc) is 3.08. The molecule has 42 heavy (non-hydrogen) atoms. The summed E-state index contributed by atoms with van der Waals surface area (Å²) in [7, 11) is 0. The molecule has 0 unspecified atom stereocenters. The molecular weight excluding hydrogens is 507 g/mol. The van der Waals surface area contributed by atoms with Gasteiger partial charge in [0.1, 0.15) is 0 Å². The highest BCUT2D eigenvalue weighted by molar-refractivity contribution is 6.87. The molecule has 0 aliphatic heterocycles. The van der Waals surface area contributed by atoms with Crippen LogP contribution in [0, 0.1) is 0 Å². The van der Waals surface area contributed by atoms with E-state index in [-0.39, 0.29) is 6.92 Å². The van der Waals surface area contributed by atoms with Crippen molar-refractivity contribution in [1.82, 2.24) is 0 Å². The third kappa shape index (κ3) is 6.35. The lowest BCUT2D eigenvalue weighted by Gasteiger charge is -2.26. The molecule has 0 bridgehead atoms. The van der Waals surface area contributed by atoms with E-state index in [0.717, 1.165) is 50.1 Å². The molecule has 6 aromatic rings. The van der Waals surface area contributed by atoms with Crippen LogP contribution in [-0.4, -0.2) is 6.92 Å². The maximum atomic E-state index is 6.97. The number of benzene rings is 6. The maximum absolute atomic E-state index is 6.97. The van der Waals surface area contributed by atoms with Gasteiger partial charge in [-0.15, -0.1) is 0 Å². The fraction of sp³-hybridized carbons (Fsp3) is 0. The molecule has 0 saturated carbocycles. The van der Waals surface area contributed by atoms with E-state index in [0.29, 0.717) is 0 Å². The Labute approximate surface area is 249 Å². The van der Waals surface area contributed by atoms with Gasteiger partial charge >= 0.3 is 6.92 Å². The van der Waals surface area contributed by atoms with E-state index in [1.807, 2.05) is 30.3 Å². The third-order valence-corrected chi connectivity index (χ3v) is 7.24. The second kappa shape index (κ2) is 13.3. The Morgan fingerprint density at radius 2 is 0.857 bits per heavy atom. The SMILES string of the molecule is C(=C(\C(=C(/B(Oc1ccccc1)c1ccccc1)c1ccccc1)c1ccccc1)c1ccccc1)/c1ccccc1. The van der Waals surface area contributed by atoms with E-state index < -0.39 is 0 Å². The first kappa shape index (κ1) is 26.9. The van der Waals surface area contributed by atoms with Gasteiger partial charge in [0, 0.05) is 0 Å². The van der Waals surface area contributed by atoms with Gasteiger partial charge in [-0.1, -0.05) is 170 Å². The summed E-state index contributed by atoms with van der Waals surface area (Å²) in [5.41, 5.74) is 8.95. The van der Waals surface area contributed by atoms with Crippen LogP contribution < -0.4 is 10.1 Å². The Morgan fingerprint density at radius 1 is 0.429 bits per heavy atom. The Hall–Kier alpha value is -5.34. The van der Waals surface area contributed by atoms with Crippen molar-refractivity contribution in [2.24, 2.45) is 0 Å². The zero-order valence-electron chi connectivity index (χ0n) is 23.4. The van der Waals surface area contributed by atoms with Crippen LogP contribution in [-0.2, 0) is 0 Å². The minimum atomic E-state index is -0.380. The van der Waals surface area contributed by atoms with Crippen LogP contribution in [0.5, 0.6) is 5.75 Å². The van der Waals surface area contributed by atoms with E-state index in [4.69, 9.17) is 4.65 Å². The monoisotopic (exact) mass is 538 g/mol. The zero-order valence-corrected chi connectivity index (χ0v) is 23.4. The average molecular weight is 538 g/mol. The van der Waals surface area contributed by atoms with Crippen LogP contribution in [0.25, 0.3) is 22.7 Å². The van der Waals surface area contributed by atoms with Crippen molar-refractivity contribution in [2.45, 2.75) is 0 Å². The van der Waals surface area contributed by atoms with Crippen LogP contribution in [0.15, 0.2) is 182 Å². The largest absolute Gasteiger partial charge is 0.551 e. The zero-order chi connectivity index (χ0) is 28.4. The molecule has 1 nitrogen and oxygen atoms in total. The summed E-state index contributed by atoms with van der Waals surface area (Å²) in [4.78, 5) is 0. The fourth-order valence-electron chi connectivity index (χ4n) is 5.30. The van der Waals surface area contributed by atoms with E-state index in [1.165, 1.54) is 0 Å². The predicted octanol–water partition coefficient (Wildman–Crippen LogP) is 9.36. The molecule has 2 heteroatoms. The van der Waals surface area contributed by atoms with Crippen molar-refractivity contribution in [3.05, 3.63) is 204 Å². The van der Waals surface area contributed by atoms with Gasteiger partial charge in [0.2, 0.25) is 0 Å². The minimum absolute atomic E-state index is 0.380. The van der Waals surface area contributed by atoms with Crippen molar-refractivity contribution in [3.8, 4) is 5.75 Å². The quantitative estimate of drug-likeness (QED) is 0.101. The van der Waals surface area contributed by atoms with Gasteiger partial charge in [-0.2, -0.15) is 0 Å². The summed E-state index contributed by atoms with van der Waals surface area (Å²) >= 11 is 0. The predicted molar refractivity (Wildman–Crippen MR) is 179 cm³/mol. The maximum Gasteiger partial charge on any atom is 0.427 e. The number of allylic oxidation sites excluding steroid dienone is 2. The first-order valence-corrected chi connectivity index (χ1v) is 14.3. The lowest BCUT2D eigenvalue weighted by atomic mass is 9.50. The van der Waals surface area contributed by atoms with Crippen LogP contribution in [0.4, 0.5) is 0 Å². The summed E-state index contributed by atoms with van der Waals surface area (Å²) in [6.07, 6.45) is 2.30. The van der Waals surface area contributed by atoms with Gasteiger partial charge in [0.05, 0.1) is 5.75 Å². The van der Waals surface area contributed by atoms with Crippen molar-refractivity contribution in [2.75, 3.05) is 0 Å². The standard InChI is InChI=1S/C40H31BO/c1-7-19-32(20-8-1)31-38(33-21-9-2-10-22-33)39(34-23-11-3-12-24-34)40(35-25-13-4-14-26-35)41(36-27-15-5-16-28-36)42-37-29-17-6-18-30-37/h1-31H/b38-31+,40-39-. The second-order valence-corrected chi connectivity index (χ2v) is 10.1. The molecule has 200 valence electrons. The summed E-state index contributed by atoms with van der Waals surface area (Å²) in [6.45, 7) is -0.380. The molecule has 0 atom stereocenters. The van der Waals surface area contributed by atoms with Crippen LogP contribution >= 0.6 is 0 Å². The van der Waals surface area contributed by atoms with E-state index >= 15 is 0 Å². The molecule has 6 aromatic carbocycles. The van der Waals surface area contributed by atoms with Crippen molar-refractivity contribution < 1.29 is 4.65 Å². The molecule has 0 amide bonds. The number of rotatable bonds is 9. The Kier molecular flexibility index (Phi) is 8.54. The molecule has 0 N–H and O–H groups in total. The molecular formula is C40H31BO. The highest BCUT2D eigenvalue weighted by atomic mass is 16.4. The van der Waals surface area contributed by atoms with Crippen LogP contribution in [0.2, 0.25) is 0 Å². The number of para-hydroxylation sites is 1. The Morgan fingerprint density at radius 3 is 1.40 bits per heavy atom. The van der Waals surface area contributed by atoms with Gasteiger partial charge in [0.25, 0.3) is 0 Å². The minimum Gasteiger partial charge on any atom is -0.551 e. The lowest BCUT2D eigenvalue weighted by molar-refractivity contribution is 0.593. The summed E-state index contributed by atoms with van der Waals surface area (Å²) in [5.74, 6) is 0.820. The molecule has 0 aliphatic rings. The first-order chi connectivity index (χ1) is 20.9. The number of hydrogen-bond acceptors (Lipinski definition) is 1. The van der Waals surface area contributed by atoms with Gasteiger partial charge in [-0.25, -0.2) is 0 Å². The molecule has 0 radical (unpaired) electrons. The van der Waals surface area contributed by atoms with Crippen LogP contribution in [0.1, 0.15) is 22.3 Å². The topological polar surface area (TPSA) is 9.23 Å². The van der Waals surface area contributed by atoms with Gasteiger partial charge in [0.15, 0.2) is 0 Å². The third-order valence-electron chi connectivity index (χ3n) is 7.24. The summed E-state index contributed by atoms with van der Waals surface area (Å²) in [6, 6.07) is 63.2. The van der Waals surface area contributed by atoms with Crippen molar-refractivity contribution >= 4 is 35.1 Å². The molecule has 0 aromatic heterocycles. The van der Waals surface area contributed by atoms with E-state index in [1.54, 1.807) is 0 Å². The van der Waals surface area contributed by atoms with Crippen LogP contribution in [0.3, 0.4) is 0 Å². The highest BCUT2D eigenvalue weighted by Crippen LogP contribution is 2.40. The van der Waals surface area contributed by atoms with Crippen molar-refractivity contribution in [1.29, 1.82) is 0 Å². The second-order valence-electron chi connectivity index (χ2n) is 10.1. The molecule has 0 heterocycles. The van der Waals surface area contributed by atoms with E-state index in [2.05, 4.69) is 158 Å². The highest BCUT2D eigenvalue weighted by Gasteiger charge is 2.32. The molecule has 0 spiro atoms. The molecule has 0 fully saturated rings.